The molecule has 2 N–H and O–H groups in total. The minimum absolute atomic E-state index is 0.0926. The molecule has 104 valence electrons. The summed E-state index contributed by atoms with van der Waals surface area (Å²) >= 11 is 0. The van der Waals surface area contributed by atoms with Gasteiger partial charge in [-0.3, -0.25) is 4.68 Å². The molecule has 2 fully saturated rings. The van der Waals surface area contributed by atoms with Crippen LogP contribution in [0.15, 0.2) is 6.07 Å². The van der Waals surface area contributed by atoms with E-state index in [-0.39, 0.29) is 6.03 Å². The normalized spacial score (nSPS) is 18.4. The second kappa shape index (κ2) is 5.23. The van der Waals surface area contributed by atoms with Crippen molar-refractivity contribution in [2.24, 2.45) is 0 Å². The number of amides is 2. The quantitative estimate of drug-likeness (QED) is 0.823. The van der Waals surface area contributed by atoms with Crippen LogP contribution in [0.2, 0.25) is 0 Å². The first kappa shape index (κ1) is 12.5. The van der Waals surface area contributed by atoms with Crippen LogP contribution in [0.5, 0.6) is 0 Å². The highest BCUT2D eigenvalue weighted by atomic mass is 16.2. The summed E-state index contributed by atoms with van der Waals surface area (Å²) in [6.45, 7) is 3.99. The van der Waals surface area contributed by atoms with Crippen molar-refractivity contribution in [2.75, 3.05) is 13.1 Å². The summed E-state index contributed by atoms with van der Waals surface area (Å²) in [5.41, 5.74) is 2.64. The van der Waals surface area contributed by atoms with Crippen LogP contribution in [0, 0.1) is 0 Å². The number of carbonyl (C=O) groups is 1. The van der Waals surface area contributed by atoms with Gasteiger partial charge >= 0.3 is 6.03 Å². The highest BCUT2D eigenvalue weighted by molar-refractivity contribution is 5.73. The van der Waals surface area contributed by atoms with Crippen LogP contribution in [0.3, 0.4) is 0 Å². The topological polar surface area (TPSA) is 59.0 Å². The summed E-state index contributed by atoms with van der Waals surface area (Å²) in [4.78, 5) is 11.3. The zero-order chi connectivity index (χ0) is 13.2. The molecule has 5 nitrogen and oxygen atoms in total. The molecule has 0 atom stereocenters. The Labute approximate surface area is 113 Å². The SMILES string of the molecule is CCNC(=O)NCCn1nc(C2CC2)cc1C1CC1. The van der Waals surface area contributed by atoms with Crippen molar-refractivity contribution in [3.8, 4) is 0 Å². The van der Waals surface area contributed by atoms with Crippen LogP contribution < -0.4 is 10.6 Å². The molecule has 2 saturated carbocycles. The second-order valence-electron chi connectivity index (χ2n) is 5.55. The van der Waals surface area contributed by atoms with Gasteiger partial charge in [0.25, 0.3) is 0 Å². The van der Waals surface area contributed by atoms with Crippen molar-refractivity contribution < 1.29 is 4.79 Å². The van der Waals surface area contributed by atoms with E-state index in [1.54, 1.807) is 0 Å². The standard InChI is InChI=1S/C14H22N4O/c1-2-15-14(19)16-7-8-18-13(11-5-6-11)9-12(17-18)10-3-4-10/h9-11H,2-8H2,1H3,(H2,15,16,19). The predicted octanol–water partition coefficient (Wildman–Crippen LogP) is 1.96. The van der Waals surface area contributed by atoms with Crippen LogP contribution in [0.4, 0.5) is 4.79 Å². The lowest BCUT2D eigenvalue weighted by Crippen LogP contribution is -2.37. The molecule has 0 saturated heterocycles. The van der Waals surface area contributed by atoms with Crippen LogP contribution >= 0.6 is 0 Å². The van der Waals surface area contributed by atoms with Crippen molar-refractivity contribution in [1.29, 1.82) is 0 Å². The van der Waals surface area contributed by atoms with Gasteiger partial charge in [0.2, 0.25) is 0 Å². The molecule has 19 heavy (non-hydrogen) atoms. The lowest BCUT2D eigenvalue weighted by molar-refractivity contribution is 0.241. The van der Waals surface area contributed by atoms with Crippen LogP contribution in [-0.4, -0.2) is 28.9 Å². The third-order valence-corrected chi connectivity index (χ3v) is 3.77. The van der Waals surface area contributed by atoms with Crippen molar-refractivity contribution in [2.45, 2.75) is 51.0 Å². The molecule has 1 heterocycles. The van der Waals surface area contributed by atoms with E-state index in [4.69, 9.17) is 5.10 Å². The Kier molecular flexibility index (Phi) is 3.44. The van der Waals surface area contributed by atoms with E-state index in [1.165, 1.54) is 37.1 Å². The minimum atomic E-state index is -0.0926. The smallest absolute Gasteiger partial charge is 0.314 e. The number of hydrogen-bond donors (Lipinski definition) is 2. The van der Waals surface area contributed by atoms with Gasteiger partial charge in [-0.05, 0) is 38.7 Å². The fourth-order valence-corrected chi connectivity index (χ4v) is 2.42. The molecule has 0 spiro atoms. The fraction of sp³-hybridized carbons (Fsp3) is 0.714. The molecule has 0 aliphatic heterocycles. The maximum atomic E-state index is 11.3. The zero-order valence-electron chi connectivity index (χ0n) is 11.5. The maximum Gasteiger partial charge on any atom is 0.314 e. The fourth-order valence-electron chi connectivity index (χ4n) is 2.42. The number of nitrogens with zero attached hydrogens (tertiary/aromatic N) is 2. The molecule has 2 aliphatic carbocycles. The van der Waals surface area contributed by atoms with Gasteiger partial charge in [0.15, 0.2) is 0 Å². The first-order chi connectivity index (χ1) is 9.28. The Hall–Kier alpha value is -1.52. The van der Waals surface area contributed by atoms with Gasteiger partial charge in [-0.25, -0.2) is 4.79 Å². The second-order valence-corrected chi connectivity index (χ2v) is 5.55. The highest BCUT2D eigenvalue weighted by Crippen LogP contribution is 2.44. The summed E-state index contributed by atoms with van der Waals surface area (Å²) in [6, 6.07) is 2.20. The van der Waals surface area contributed by atoms with Crippen molar-refractivity contribution in [3.63, 3.8) is 0 Å². The van der Waals surface area contributed by atoms with Gasteiger partial charge in [0.05, 0.1) is 12.2 Å². The molecular formula is C14H22N4O. The third kappa shape index (κ3) is 3.08. The first-order valence-corrected chi connectivity index (χ1v) is 7.37. The summed E-state index contributed by atoms with van der Waals surface area (Å²) in [5, 5.41) is 10.3. The number of nitrogens with one attached hydrogen (secondary N) is 2. The van der Waals surface area contributed by atoms with Crippen molar-refractivity contribution in [1.82, 2.24) is 20.4 Å². The number of hydrogen-bond acceptors (Lipinski definition) is 2. The lowest BCUT2D eigenvalue weighted by Gasteiger charge is -2.08. The van der Waals surface area contributed by atoms with E-state index in [0.717, 1.165) is 6.54 Å². The van der Waals surface area contributed by atoms with E-state index in [9.17, 15) is 4.79 Å². The Morgan fingerprint density at radius 2 is 2.05 bits per heavy atom. The summed E-state index contributed by atoms with van der Waals surface area (Å²) in [5.74, 6) is 1.42. The highest BCUT2D eigenvalue weighted by Gasteiger charge is 2.32. The lowest BCUT2D eigenvalue weighted by atomic mass is 10.2. The predicted molar refractivity (Wildman–Crippen MR) is 73.3 cm³/mol. The summed E-state index contributed by atoms with van der Waals surface area (Å²) in [6.07, 6.45) is 5.16. The number of rotatable bonds is 6. The van der Waals surface area contributed by atoms with Crippen LogP contribution in [0.25, 0.3) is 0 Å². The molecule has 0 bridgehead atoms. The molecule has 3 rings (SSSR count). The average molecular weight is 262 g/mol. The Morgan fingerprint density at radius 1 is 1.32 bits per heavy atom. The van der Waals surface area contributed by atoms with Crippen molar-refractivity contribution in [3.05, 3.63) is 17.5 Å². The van der Waals surface area contributed by atoms with Gasteiger partial charge in [-0.1, -0.05) is 0 Å². The van der Waals surface area contributed by atoms with E-state index < -0.39 is 0 Å². The van der Waals surface area contributed by atoms with E-state index >= 15 is 0 Å². The monoisotopic (exact) mass is 262 g/mol. The van der Waals surface area contributed by atoms with Gasteiger partial charge in [-0.2, -0.15) is 5.10 Å². The Morgan fingerprint density at radius 3 is 2.68 bits per heavy atom. The van der Waals surface area contributed by atoms with E-state index in [0.29, 0.717) is 24.9 Å². The molecular weight excluding hydrogens is 240 g/mol. The molecule has 2 amide bonds. The van der Waals surface area contributed by atoms with Crippen LogP contribution in [-0.2, 0) is 6.54 Å². The summed E-state index contributed by atoms with van der Waals surface area (Å²) < 4.78 is 2.11. The third-order valence-electron chi connectivity index (χ3n) is 3.77. The Balaban J connectivity index is 1.58. The van der Waals surface area contributed by atoms with Crippen LogP contribution in [0.1, 0.15) is 55.8 Å². The van der Waals surface area contributed by atoms with Gasteiger partial charge in [0, 0.05) is 30.6 Å². The molecule has 0 radical (unpaired) electrons. The van der Waals surface area contributed by atoms with E-state index in [1.807, 2.05) is 6.92 Å². The largest absolute Gasteiger partial charge is 0.338 e. The number of urea groups is 1. The molecule has 0 unspecified atom stereocenters. The van der Waals surface area contributed by atoms with Crippen molar-refractivity contribution >= 4 is 6.03 Å². The number of aromatic nitrogens is 2. The van der Waals surface area contributed by atoms with Gasteiger partial charge in [-0.15, -0.1) is 0 Å². The number of carbonyl (C=O) groups excluding carboxylic acids is 1. The zero-order valence-corrected chi connectivity index (χ0v) is 11.5. The van der Waals surface area contributed by atoms with Gasteiger partial charge in [0.1, 0.15) is 0 Å². The molecule has 1 aromatic rings. The van der Waals surface area contributed by atoms with Gasteiger partial charge < -0.3 is 10.6 Å². The molecule has 1 aromatic heterocycles. The van der Waals surface area contributed by atoms with E-state index in [2.05, 4.69) is 21.4 Å². The Bertz CT molecular complexity index is 460. The molecule has 0 aromatic carbocycles. The first-order valence-electron chi connectivity index (χ1n) is 7.37. The summed E-state index contributed by atoms with van der Waals surface area (Å²) in [7, 11) is 0. The maximum absolute atomic E-state index is 11.3. The molecule has 2 aliphatic rings. The molecule has 5 heteroatoms. The minimum Gasteiger partial charge on any atom is -0.338 e. The average Bonchev–Trinajstić information content (AvgIpc) is 3.29.